The minimum absolute atomic E-state index is 0.0788. The third-order valence-corrected chi connectivity index (χ3v) is 6.45. The van der Waals surface area contributed by atoms with Gasteiger partial charge in [0.25, 0.3) is 11.5 Å². The van der Waals surface area contributed by atoms with Gasteiger partial charge < -0.3 is 15.0 Å². The van der Waals surface area contributed by atoms with E-state index < -0.39 is 29.5 Å². The predicted octanol–water partition coefficient (Wildman–Crippen LogP) is 4.84. The van der Waals surface area contributed by atoms with E-state index in [0.717, 1.165) is 17.5 Å². The summed E-state index contributed by atoms with van der Waals surface area (Å²) in [6.07, 6.45) is -4.93. The van der Waals surface area contributed by atoms with Crippen LogP contribution in [0.3, 0.4) is 0 Å². The second kappa shape index (κ2) is 9.15. The minimum Gasteiger partial charge on any atom is -0.442 e. The maximum absolute atomic E-state index is 13.5. The van der Waals surface area contributed by atoms with Crippen molar-refractivity contribution in [2.45, 2.75) is 19.2 Å². The number of halogens is 4. The molecule has 0 bridgehead atoms. The molecule has 0 spiro atoms. The van der Waals surface area contributed by atoms with Gasteiger partial charge in [0.05, 0.1) is 22.3 Å². The summed E-state index contributed by atoms with van der Waals surface area (Å²) in [5, 5.41) is 2.68. The predicted molar refractivity (Wildman–Crippen MR) is 122 cm³/mol. The number of nitrogens with one attached hydrogen (secondary N) is 2. The Hall–Kier alpha value is -3.31. The number of carbonyl (C=O) groups excluding carboxylic acids is 2. The fraction of sp³-hybridized carbons (Fsp3) is 0.227. The zero-order valence-electron chi connectivity index (χ0n) is 17.5. The maximum Gasteiger partial charge on any atom is 0.422 e. The van der Waals surface area contributed by atoms with E-state index in [0.29, 0.717) is 20.5 Å². The highest BCUT2D eigenvalue weighted by molar-refractivity contribution is 7.18. The van der Waals surface area contributed by atoms with Gasteiger partial charge in [0.1, 0.15) is 11.7 Å². The highest BCUT2D eigenvalue weighted by Gasteiger charge is 2.37. The first-order chi connectivity index (χ1) is 16.0. The van der Waals surface area contributed by atoms with E-state index >= 15 is 0 Å². The van der Waals surface area contributed by atoms with Crippen LogP contribution in [-0.2, 0) is 10.9 Å². The number of rotatable bonds is 5. The lowest BCUT2D eigenvalue weighted by molar-refractivity contribution is -0.138. The van der Waals surface area contributed by atoms with Crippen molar-refractivity contribution in [2.24, 2.45) is 0 Å². The van der Waals surface area contributed by atoms with Gasteiger partial charge >= 0.3 is 12.3 Å². The summed E-state index contributed by atoms with van der Waals surface area (Å²) >= 11 is 6.95. The molecular formula is C22H17ClF3N3O4S. The van der Waals surface area contributed by atoms with Crippen LogP contribution in [0.1, 0.15) is 20.8 Å². The number of H-pyrrole nitrogens is 1. The molecule has 3 heterocycles. The number of ether oxygens (including phenoxy) is 1. The average molecular weight is 512 g/mol. The Labute approximate surface area is 200 Å². The molecule has 34 heavy (non-hydrogen) atoms. The quantitative estimate of drug-likeness (QED) is 0.513. The van der Waals surface area contributed by atoms with Crippen LogP contribution in [0.15, 0.2) is 47.4 Å². The van der Waals surface area contributed by atoms with Crippen LogP contribution >= 0.6 is 22.9 Å². The first kappa shape index (κ1) is 23.8. The summed E-state index contributed by atoms with van der Waals surface area (Å²) in [7, 11) is 0. The molecule has 0 aliphatic carbocycles. The summed E-state index contributed by atoms with van der Waals surface area (Å²) in [5.41, 5.74) is -1.69. The summed E-state index contributed by atoms with van der Waals surface area (Å²) in [4.78, 5) is 40.2. The molecule has 178 valence electrons. The van der Waals surface area contributed by atoms with E-state index in [2.05, 4.69) is 10.3 Å². The lowest BCUT2D eigenvalue weighted by Crippen LogP contribution is -2.34. The molecule has 1 aromatic carbocycles. The number of hydrogen-bond acceptors (Lipinski definition) is 5. The van der Waals surface area contributed by atoms with Crippen LogP contribution in [-0.4, -0.2) is 36.2 Å². The van der Waals surface area contributed by atoms with E-state index in [1.54, 1.807) is 25.1 Å². The lowest BCUT2D eigenvalue weighted by atomic mass is 9.96. The molecule has 1 saturated heterocycles. The topological polar surface area (TPSA) is 91.5 Å². The van der Waals surface area contributed by atoms with Crippen LogP contribution < -0.4 is 15.8 Å². The van der Waals surface area contributed by atoms with Crippen LogP contribution in [0.5, 0.6) is 0 Å². The van der Waals surface area contributed by atoms with Crippen molar-refractivity contribution >= 4 is 40.6 Å². The second-order valence-electron chi connectivity index (χ2n) is 7.52. The van der Waals surface area contributed by atoms with Gasteiger partial charge in [-0.3, -0.25) is 14.5 Å². The van der Waals surface area contributed by atoms with Gasteiger partial charge in [-0.05, 0) is 48.4 Å². The van der Waals surface area contributed by atoms with E-state index in [9.17, 15) is 27.6 Å². The van der Waals surface area contributed by atoms with E-state index in [4.69, 9.17) is 16.3 Å². The highest BCUT2D eigenvalue weighted by Crippen LogP contribution is 2.37. The normalized spacial score (nSPS) is 16.0. The van der Waals surface area contributed by atoms with Gasteiger partial charge in [-0.25, -0.2) is 4.79 Å². The van der Waals surface area contributed by atoms with E-state index in [-0.39, 0.29) is 30.1 Å². The fourth-order valence-corrected chi connectivity index (χ4v) is 4.63. The Kier molecular flexibility index (Phi) is 6.41. The molecule has 7 nitrogen and oxygen atoms in total. The number of cyclic esters (lactones) is 1. The van der Waals surface area contributed by atoms with Crippen molar-refractivity contribution in [2.75, 3.05) is 18.0 Å². The third kappa shape index (κ3) is 4.80. The van der Waals surface area contributed by atoms with Crippen molar-refractivity contribution in [3.8, 4) is 11.1 Å². The number of carbonyl (C=O) groups is 2. The first-order valence-corrected chi connectivity index (χ1v) is 11.2. The first-order valence-electron chi connectivity index (χ1n) is 9.96. The Morgan fingerprint density at radius 1 is 1.24 bits per heavy atom. The van der Waals surface area contributed by atoms with E-state index in [1.807, 2.05) is 0 Å². The van der Waals surface area contributed by atoms with Crippen LogP contribution in [0, 0.1) is 6.92 Å². The average Bonchev–Trinajstić information content (AvgIpc) is 3.36. The van der Waals surface area contributed by atoms with Crippen molar-refractivity contribution in [3.05, 3.63) is 73.3 Å². The smallest absolute Gasteiger partial charge is 0.422 e. The van der Waals surface area contributed by atoms with Crippen LogP contribution in [0.2, 0.25) is 4.34 Å². The minimum atomic E-state index is -4.83. The summed E-state index contributed by atoms with van der Waals surface area (Å²) < 4.78 is 46.2. The number of amides is 2. The van der Waals surface area contributed by atoms with Crippen molar-refractivity contribution in [1.29, 1.82) is 0 Å². The summed E-state index contributed by atoms with van der Waals surface area (Å²) in [5.74, 6) is -0.343. The fourth-order valence-electron chi connectivity index (χ4n) is 3.67. The number of aromatic nitrogens is 1. The third-order valence-electron chi connectivity index (χ3n) is 5.22. The number of benzene rings is 1. The number of aromatic amines is 1. The molecule has 2 amide bonds. The van der Waals surface area contributed by atoms with Crippen LogP contribution in [0.4, 0.5) is 23.7 Å². The molecule has 4 rings (SSSR count). The summed E-state index contributed by atoms with van der Waals surface area (Å²) in [6, 6.07) is 8.84. The molecular weight excluding hydrogens is 495 g/mol. The van der Waals surface area contributed by atoms with Gasteiger partial charge in [0.15, 0.2) is 0 Å². The SMILES string of the molecule is Cc1cc(N2C[C@H](CNC(=O)c3ccc(Cl)s3)OC2=O)ccc1-c1cc[nH]c(=O)c1C(F)(F)F. The van der Waals surface area contributed by atoms with Gasteiger partial charge in [-0.15, -0.1) is 11.3 Å². The number of anilines is 1. The van der Waals surface area contributed by atoms with E-state index in [1.165, 1.54) is 23.1 Å². The molecule has 1 atom stereocenters. The Morgan fingerprint density at radius 3 is 2.65 bits per heavy atom. The van der Waals surface area contributed by atoms with Gasteiger partial charge in [0, 0.05) is 17.4 Å². The maximum atomic E-state index is 13.5. The largest absolute Gasteiger partial charge is 0.442 e. The molecule has 12 heteroatoms. The second-order valence-corrected chi connectivity index (χ2v) is 9.24. The monoisotopic (exact) mass is 511 g/mol. The van der Waals surface area contributed by atoms with Gasteiger partial charge in [-0.1, -0.05) is 17.7 Å². The molecule has 0 saturated carbocycles. The van der Waals surface area contributed by atoms with Gasteiger partial charge in [-0.2, -0.15) is 13.2 Å². The number of hydrogen-bond donors (Lipinski definition) is 2. The number of thiophene rings is 1. The molecule has 1 fully saturated rings. The Bertz CT molecular complexity index is 1320. The standard InChI is InChI=1S/C22H17ClF3N3O4S/c1-11-8-12(2-3-14(11)15-6-7-27-20(31)18(15)22(24,25)26)29-10-13(33-21(29)32)9-28-19(30)16-4-5-17(23)34-16/h2-8,13H,9-10H2,1H3,(H,27,31)(H,28,30)/t13-/m0/s1. The van der Waals surface area contributed by atoms with Gasteiger partial charge in [0.2, 0.25) is 0 Å². The van der Waals surface area contributed by atoms with Crippen molar-refractivity contribution in [3.63, 3.8) is 0 Å². The zero-order chi connectivity index (χ0) is 24.6. The summed E-state index contributed by atoms with van der Waals surface area (Å²) in [6.45, 7) is 1.81. The molecule has 1 aliphatic heterocycles. The van der Waals surface area contributed by atoms with Crippen LogP contribution in [0.25, 0.3) is 11.1 Å². The Balaban J connectivity index is 1.50. The Morgan fingerprint density at radius 2 is 2.00 bits per heavy atom. The molecule has 1 aliphatic rings. The van der Waals surface area contributed by atoms with Crippen molar-refractivity contribution in [1.82, 2.24) is 10.3 Å². The number of nitrogens with zero attached hydrogens (tertiary/aromatic N) is 1. The van der Waals surface area contributed by atoms with Crippen molar-refractivity contribution < 1.29 is 27.5 Å². The highest BCUT2D eigenvalue weighted by atomic mass is 35.5. The molecule has 3 aromatic rings. The molecule has 2 N–H and O–H groups in total. The number of alkyl halides is 3. The molecule has 0 unspecified atom stereocenters. The molecule has 2 aromatic heterocycles. The number of pyridine rings is 1. The lowest BCUT2D eigenvalue weighted by Gasteiger charge is -2.17. The number of aryl methyl sites for hydroxylation is 1. The zero-order valence-corrected chi connectivity index (χ0v) is 19.1. The molecule has 0 radical (unpaired) electrons.